The van der Waals surface area contributed by atoms with Gasteiger partial charge in [0.1, 0.15) is 11.7 Å². The highest BCUT2D eigenvalue weighted by Gasteiger charge is 2.29. The van der Waals surface area contributed by atoms with Crippen LogP contribution in [0.25, 0.3) is 0 Å². The molecule has 1 heterocycles. The quantitative estimate of drug-likeness (QED) is 0.359. The van der Waals surface area contributed by atoms with Gasteiger partial charge in [-0.05, 0) is 68.8 Å². The molecule has 1 fully saturated rings. The zero-order valence-electron chi connectivity index (χ0n) is 19.8. The molecule has 0 saturated carbocycles. The predicted octanol–water partition coefficient (Wildman–Crippen LogP) is 4.33. The first-order chi connectivity index (χ1) is 16.9. The van der Waals surface area contributed by atoms with Crippen LogP contribution >= 0.6 is 23.2 Å². The number of Topliss-reactive ketones (excluding diaryl/α,β-unsaturated/α-hetero) is 1. The Bertz CT molecular complexity index is 1230. The first-order valence-corrected chi connectivity index (χ1v) is 13.6. The van der Waals surface area contributed by atoms with Crippen molar-refractivity contribution in [1.82, 2.24) is 9.80 Å². The van der Waals surface area contributed by atoms with E-state index in [1.165, 1.54) is 37.4 Å². The zero-order chi connectivity index (χ0) is 26.6. The van der Waals surface area contributed by atoms with Crippen molar-refractivity contribution in [2.45, 2.75) is 19.8 Å². The number of benzene rings is 2. The number of carbonyl (C=O) groups excluding carboxylic acids is 2. The monoisotopic (exact) mass is 560 g/mol. The van der Waals surface area contributed by atoms with Gasteiger partial charge in [-0.3, -0.25) is 14.1 Å². The number of amides is 1. The third-order valence-electron chi connectivity index (χ3n) is 6.22. The normalized spacial score (nSPS) is 15.1. The average Bonchev–Trinajstić information content (AvgIpc) is 2.84. The number of ether oxygens (including phenoxy) is 1. The van der Waals surface area contributed by atoms with Crippen LogP contribution in [0, 0.1) is 18.7 Å². The van der Waals surface area contributed by atoms with Crippen molar-refractivity contribution in [3.8, 4) is 5.75 Å². The highest BCUT2D eigenvalue weighted by Crippen LogP contribution is 2.37. The summed E-state index contributed by atoms with van der Waals surface area (Å²) < 4.78 is 51.2. The fourth-order valence-electron chi connectivity index (χ4n) is 4.18. The van der Waals surface area contributed by atoms with Crippen LogP contribution in [0.4, 0.5) is 4.39 Å². The molecule has 2 aromatic carbocycles. The third kappa shape index (κ3) is 6.95. The average molecular weight is 561 g/mol. The first-order valence-electron chi connectivity index (χ1n) is 11.2. The number of rotatable bonds is 9. The van der Waals surface area contributed by atoms with E-state index in [0.717, 1.165) is 4.90 Å². The molecule has 1 aliphatic rings. The fourth-order valence-corrected chi connectivity index (χ4v) is 5.35. The molecule has 12 heteroatoms. The van der Waals surface area contributed by atoms with E-state index >= 15 is 0 Å². The van der Waals surface area contributed by atoms with Crippen molar-refractivity contribution in [3.63, 3.8) is 0 Å². The summed E-state index contributed by atoms with van der Waals surface area (Å²) in [4.78, 5) is 29.0. The van der Waals surface area contributed by atoms with E-state index in [4.69, 9.17) is 27.9 Å². The Morgan fingerprint density at radius 2 is 1.81 bits per heavy atom. The van der Waals surface area contributed by atoms with Crippen molar-refractivity contribution in [1.29, 1.82) is 0 Å². The SMILES string of the molecule is COc1c(C(=O)N(CCN2CCC(C(=O)c3ccc(F)cc3)CC2)CS(=O)(=O)O)cc(Cl)c(C)c1Cl. The molecular formula is C24H27Cl2FN2O6S. The summed E-state index contributed by atoms with van der Waals surface area (Å²) in [6.07, 6.45) is 1.14. The lowest BCUT2D eigenvalue weighted by molar-refractivity contribution is 0.0734. The molecule has 1 amide bonds. The smallest absolute Gasteiger partial charge is 0.283 e. The van der Waals surface area contributed by atoms with Crippen LogP contribution in [-0.4, -0.2) is 73.6 Å². The van der Waals surface area contributed by atoms with Crippen LogP contribution in [0.3, 0.4) is 0 Å². The zero-order valence-corrected chi connectivity index (χ0v) is 22.2. The van der Waals surface area contributed by atoms with E-state index in [0.29, 0.717) is 43.6 Å². The highest BCUT2D eigenvalue weighted by atomic mass is 35.5. The molecule has 1 aliphatic heterocycles. The number of methoxy groups -OCH3 is 1. The summed E-state index contributed by atoms with van der Waals surface area (Å²) >= 11 is 12.5. The number of likely N-dealkylation sites (tertiary alicyclic amines) is 1. The lowest BCUT2D eigenvalue weighted by Crippen LogP contribution is -2.44. The van der Waals surface area contributed by atoms with E-state index in [2.05, 4.69) is 0 Å². The van der Waals surface area contributed by atoms with Gasteiger partial charge < -0.3 is 14.5 Å². The van der Waals surface area contributed by atoms with Crippen LogP contribution in [0.5, 0.6) is 5.75 Å². The van der Waals surface area contributed by atoms with Crippen LogP contribution in [0.15, 0.2) is 30.3 Å². The summed E-state index contributed by atoms with van der Waals surface area (Å²) in [7, 11) is -3.19. The minimum atomic E-state index is -4.52. The minimum absolute atomic E-state index is 0.0124. The Kier molecular flexibility index (Phi) is 9.34. The van der Waals surface area contributed by atoms with Crippen LogP contribution < -0.4 is 4.74 Å². The number of ketones is 1. The lowest BCUT2D eigenvalue weighted by atomic mass is 9.89. The van der Waals surface area contributed by atoms with E-state index in [-0.39, 0.29) is 39.6 Å². The van der Waals surface area contributed by atoms with Gasteiger partial charge in [0.2, 0.25) is 0 Å². The van der Waals surface area contributed by atoms with Gasteiger partial charge in [-0.15, -0.1) is 0 Å². The number of hydrogen-bond acceptors (Lipinski definition) is 6. The summed E-state index contributed by atoms with van der Waals surface area (Å²) in [5, 5.41) is 0.344. The maximum Gasteiger partial charge on any atom is 0.283 e. The van der Waals surface area contributed by atoms with Gasteiger partial charge in [0.25, 0.3) is 16.0 Å². The number of piperidine rings is 1. The molecule has 0 unspecified atom stereocenters. The fraction of sp³-hybridized carbons (Fsp3) is 0.417. The maximum atomic E-state index is 13.3. The molecule has 196 valence electrons. The van der Waals surface area contributed by atoms with Crippen molar-refractivity contribution in [2.24, 2.45) is 5.92 Å². The van der Waals surface area contributed by atoms with Gasteiger partial charge in [0.05, 0.1) is 17.7 Å². The third-order valence-corrected chi connectivity index (χ3v) is 7.70. The molecular weight excluding hydrogens is 534 g/mol. The number of hydrogen-bond donors (Lipinski definition) is 1. The van der Waals surface area contributed by atoms with E-state index in [1.54, 1.807) is 6.92 Å². The second-order valence-corrected chi connectivity index (χ2v) is 10.9. The topological polar surface area (TPSA) is 104 Å². The van der Waals surface area contributed by atoms with Gasteiger partial charge in [0.15, 0.2) is 11.5 Å². The number of halogens is 3. The van der Waals surface area contributed by atoms with Gasteiger partial charge in [0, 0.05) is 29.6 Å². The Balaban J connectivity index is 1.68. The largest absolute Gasteiger partial charge is 0.494 e. The molecule has 3 rings (SSSR count). The summed E-state index contributed by atoms with van der Waals surface area (Å²) in [6, 6.07) is 6.81. The van der Waals surface area contributed by atoms with Crippen molar-refractivity contribution in [2.75, 3.05) is 39.2 Å². The predicted molar refractivity (Wildman–Crippen MR) is 135 cm³/mol. The molecule has 0 aliphatic carbocycles. The molecule has 0 bridgehead atoms. The Morgan fingerprint density at radius 1 is 1.19 bits per heavy atom. The summed E-state index contributed by atoms with van der Waals surface area (Å²) in [5.74, 6) is -2.23. The first kappa shape index (κ1) is 28.3. The Labute approximate surface area is 219 Å². The van der Waals surface area contributed by atoms with E-state index in [9.17, 15) is 27.0 Å². The molecule has 36 heavy (non-hydrogen) atoms. The Hall–Kier alpha value is -2.24. The van der Waals surface area contributed by atoms with Gasteiger partial charge in [-0.1, -0.05) is 23.2 Å². The van der Waals surface area contributed by atoms with Crippen LogP contribution in [-0.2, 0) is 10.1 Å². The molecule has 0 radical (unpaired) electrons. The van der Waals surface area contributed by atoms with E-state index < -0.39 is 27.7 Å². The van der Waals surface area contributed by atoms with Crippen molar-refractivity contribution >= 4 is 45.0 Å². The van der Waals surface area contributed by atoms with Crippen molar-refractivity contribution < 1.29 is 31.7 Å². The summed E-state index contributed by atoms with van der Waals surface area (Å²) in [6.45, 7) is 3.06. The Morgan fingerprint density at radius 3 is 2.36 bits per heavy atom. The molecule has 0 aromatic heterocycles. The lowest BCUT2D eigenvalue weighted by Gasteiger charge is -2.33. The molecule has 0 spiro atoms. The standard InChI is InChI=1S/C24H27Cl2FN2O6S/c1-15-20(25)13-19(23(35-2)21(15)26)24(31)29(14-36(32,33)34)12-11-28-9-7-17(8-10-28)22(30)16-3-5-18(27)6-4-16/h3-6,13,17H,7-12,14H2,1-2H3,(H,32,33,34). The highest BCUT2D eigenvalue weighted by molar-refractivity contribution is 7.85. The van der Waals surface area contributed by atoms with Gasteiger partial charge >= 0.3 is 0 Å². The number of nitrogens with zero attached hydrogens (tertiary/aromatic N) is 2. The molecule has 1 N–H and O–H groups in total. The van der Waals surface area contributed by atoms with Crippen LogP contribution in [0.1, 0.15) is 39.1 Å². The molecule has 8 nitrogen and oxygen atoms in total. The summed E-state index contributed by atoms with van der Waals surface area (Å²) in [5.41, 5.74) is 0.945. The minimum Gasteiger partial charge on any atom is -0.494 e. The van der Waals surface area contributed by atoms with Gasteiger partial charge in [-0.2, -0.15) is 8.42 Å². The maximum absolute atomic E-state index is 13.3. The second kappa shape index (κ2) is 11.9. The molecule has 0 atom stereocenters. The van der Waals surface area contributed by atoms with Gasteiger partial charge in [-0.25, -0.2) is 4.39 Å². The second-order valence-electron chi connectivity index (χ2n) is 8.64. The molecule has 2 aromatic rings. The van der Waals surface area contributed by atoms with Crippen LogP contribution in [0.2, 0.25) is 10.0 Å². The molecule has 1 saturated heterocycles. The van der Waals surface area contributed by atoms with Crippen molar-refractivity contribution in [3.05, 3.63) is 62.9 Å². The number of carbonyl (C=O) groups is 2. The van der Waals surface area contributed by atoms with E-state index in [1.807, 2.05) is 4.90 Å².